The maximum atomic E-state index is 13.4. The molecule has 0 saturated heterocycles. The van der Waals surface area contributed by atoms with Gasteiger partial charge in [-0.3, -0.25) is 4.79 Å². The Labute approximate surface area is 169 Å². The summed E-state index contributed by atoms with van der Waals surface area (Å²) >= 11 is 0. The quantitative estimate of drug-likeness (QED) is 0.795. The number of fused-ring (bicyclic) bond motifs is 5. The van der Waals surface area contributed by atoms with Gasteiger partial charge in [0.25, 0.3) is 5.91 Å². The Balaban J connectivity index is 1.70. The van der Waals surface area contributed by atoms with E-state index < -0.39 is 0 Å². The van der Waals surface area contributed by atoms with Crippen LogP contribution >= 0.6 is 0 Å². The first kappa shape index (κ1) is 18.2. The summed E-state index contributed by atoms with van der Waals surface area (Å²) in [6.45, 7) is 5.58. The monoisotopic (exact) mass is 392 g/mol. The van der Waals surface area contributed by atoms with Crippen molar-refractivity contribution in [2.24, 2.45) is 11.8 Å². The van der Waals surface area contributed by atoms with Crippen molar-refractivity contribution in [3.63, 3.8) is 0 Å². The lowest BCUT2D eigenvalue weighted by atomic mass is 9.78. The number of carbonyl (C=O) groups excluding carboxylic acids is 1. The number of allylic oxidation sites excluding steroid dienone is 1. The first-order valence-corrected chi connectivity index (χ1v) is 10.1. The van der Waals surface area contributed by atoms with Gasteiger partial charge in [-0.05, 0) is 31.6 Å². The summed E-state index contributed by atoms with van der Waals surface area (Å²) in [4.78, 5) is 20.2. The largest absolute Gasteiger partial charge is 0.498 e. The lowest BCUT2D eigenvalue weighted by Crippen LogP contribution is -2.44. The van der Waals surface area contributed by atoms with Crippen molar-refractivity contribution in [1.82, 2.24) is 9.88 Å². The molecular formula is C23H24N2O4. The van der Waals surface area contributed by atoms with Crippen molar-refractivity contribution in [1.29, 1.82) is 0 Å². The fourth-order valence-electron chi connectivity index (χ4n) is 4.69. The molecule has 0 saturated carbocycles. The number of hydrogen-bond acceptors (Lipinski definition) is 5. The van der Waals surface area contributed by atoms with Crippen LogP contribution in [0, 0.1) is 11.8 Å². The first-order valence-electron chi connectivity index (χ1n) is 10.1. The van der Waals surface area contributed by atoms with Gasteiger partial charge in [-0.25, -0.2) is 4.98 Å². The molecule has 2 aromatic rings. The topological polar surface area (TPSA) is 60.9 Å². The van der Waals surface area contributed by atoms with Crippen LogP contribution in [0.1, 0.15) is 29.9 Å². The van der Waals surface area contributed by atoms with Crippen LogP contribution < -0.4 is 4.74 Å². The van der Waals surface area contributed by atoms with E-state index in [2.05, 4.69) is 13.0 Å². The molecular weight excluding hydrogens is 368 g/mol. The predicted octanol–water partition coefficient (Wildman–Crippen LogP) is 3.63. The van der Waals surface area contributed by atoms with Gasteiger partial charge in [-0.15, -0.1) is 0 Å². The Hall–Kier alpha value is -2.86. The van der Waals surface area contributed by atoms with Crippen LogP contribution in [0.25, 0.3) is 16.6 Å². The van der Waals surface area contributed by atoms with E-state index >= 15 is 0 Å². The molecule has 0 radical (unpaired) electrons. The number of ether oxygens (including phenoxy) is 3. The van der Waals surface area contributed by atoms with Gasteiger partial charge in [0.2, 0.25) is 0 Å². The minimum Gasteiger partial charge on any atom is -0.498 e. The molecule has 6 nitrogen and oxygen atoms in total. The van der Waals surface area contributed by atoms with Crippen LogP contribution in [0.2, 0.25) is 0 Å². The van der Waals surface area contributed by atoms with Gasteiger partial charge in [0, 0.05) is 30.9 Å². The van der Waals surface area contributed by atoms with E-state index in [9.17, 15) is 4.79 Å². The summed E-state index contributed by atoms with van der Waals surface area (Å²) in [6, 6.07) is 7.82. The average Bonchev–Trinajstić information content (AvgIpc) is 3.01. The molecule has 1 amide bonds. The van der Waals surface area contributed by atoms with Gasteiger partial charge in [-0.1, -0.05) is 18.2 Å². The number of nitrogens with zero attached hydrogens (tertiary/aromatic N) is 2. The molecule has 4 heterocycles. The minimum absolute atomic E-state index is 0.0216. The van der Waals surface area contributed by atoms with Crippen LogP contribution in [0.5, 0.6) is 5.75 Å². The molecule has 0 aliphatic carbocycles. The Kier molecular flexibility index (Phi) is 4.32. The summed E-state index contributed by atoms with van der Waals surface area (Å²) < 4.78 is 17.2. The van der Waals surface area contributed by atoms with Crippen molar-refractivity contribution in [3.8, 4) is 5.75 Å². The zero-order valence-corrected chi connectivity index (χ0v) is 16.8. The molecule has 0 unspecified atom stereocenters. The van der Waals surface area contributed by atoms with Crippen LogP contribution in [0.15, 0.2) is 42.2 Å². The molecule has 29 heavy (non-hydrogen) atoms. The van der Waals surface area contributed by atoms with Gasteiger partial charge in [0.15, 0.2) is 0 Å². The highest BCUT2D eigenvalue weighted by Gasteiger charge is 2.46. The minimum atomic E-state index is -0.0403. The molecule has 0 bridgehead atoms. The highest BCUT2D eigenvalue weighted by molar-refractivity contribution is 6.14. The van der Waals surface area contributed by atoms with E-state index in [0.717, 1.165) is 22.2 Å². The normalized spacial score (nSPS) is 25.0. The molecule has 0 spiro atoms. The van der Waals surface area contributed by atoms with Crippen molar-refractivity contribution >= 4 is 22.5 Å². The molecule has 3 atom stereocenters. The van der Waals surface area contributed by atoms with Crippen LogP contribution in [-0.2, 0) is 9.47 Å². The van der Waals surface area contributed by atoms with Crippen LogP contribution in [-0.4, -0.2) is 48.8 Å². The molecule has 0 fully saturated rings. The summed E-state index contributed by atoms with van der Waals surface area (Å²) in [5, 5.41) is 0.871. The third-order valence-electron chi connectivity index (χ3n) is 6.09. The molecule has 0 N–H and O–H groups in total. The Morgan fingerprint density at radius 1 is 1.31 bits per heavy atom. The van der Waals surface area contributed by atoms with E-state index in [1.54, 1.807) is 7.11 Å². The lowest BCUT2D eigenvalue weighted by molar-refractivity contribution is 0.0370. The van der Waals surface area contributed by atoms with Crippen molar-refractivity contribution in [3.05, 3.63) is 53.4 Å². The van der Waals surface area contributed by atoms with Crippen molar-refractivity contribution in [2.75, 3.05) is 26.9 Å². The first-order chi connectivity index (χ1) is 14.1. The fraction of sp³-hybridized carbons (Fsp3) is 0.391. The molecule has 1 aromatic carbocycles. The predicted molar refractivity (Wildman–Crippen MR) is 109 cm³/mol. The SMILES string of the molecule is CCOc1c2c(nc3ccccc13)C1=C[C@@H]3C(COC)=CO[C@@H](C)[C@@H]3CN1C2=O. The standard InChI is InChI=1S/C23H24N2O4/c1-4-28-22-15-7-5-6-8-18(15)24-21-19-9-16-14(11-27-3)12-29-13(2)17(16)10-25(19)23(26)20(21)22/h5-9,12-13,16-17H,4,10-11H2,1-3H3/t13-,16+,17-/m0/s1. The number of benzene rings is 1. The highest BCUT2D eigenvalue weighted by atomic mass is 16.5. The Bertz CT molecular complexity index is 1060. The molecule has 6 heteroatoms. The molecule has 3 aliphatic rings. The second-order valence-corrected chi connectivity index (χ2v) is 7.74. The van der Waals surface area contributed by atoms with Crippen LogP contribution in [0.4, 0.5) is 0 Å². The number of carbonyl (C=O) groups is 1. The lowest BCUT2D eigenvalue weighted by Gasteiger charge is -2.41. The molecule has 150 valence electrons. The molecule has 5 rings (SSSR count). The second-order valence-electron chi connectivity index (χ2n) is 7.74. The Morgan fingerprint density at radius 2 is 2.14 bits per heavy atom. The number of para-hydroxylation sites is 1. The highest BCUT2D eigenvalue weighted by Crippen LogP contribution is 2.47. The molecule has 1 aromatic heterocycles. The zero-order chi connectivity index (χ0) is 20.1. The van der Waals surface area contributed by atoms with E-state index in [4.69, 9.17) is 19.2 Å². The van der Waals surface area contributed by atoms with E-state index in [1.165, 1.54) is 0 Å². The third-order valence-corrected chi connectivity index (χ3v) is 6.09. The van der Waals surface area contributed by atoms with Gasteiger partial charge in [-0.2, -0.15) is 0 Å². The maximum absolute atomic E-state index is 13.4. The van der Waals surface area contributed by atoms with E-state index in [0.29, 0.717) is 36.8 Å². The summed E-state index contributed by atoms with van der Waals surface area (Å²) in [5.41, 5.74) is 4.08. The maximum Gasteiger partial charge on any atom is 0.264 e. The van der Waals surface area contributed by atoms with E-state index in [-0.39, 0.29) is 23.8 Å². The van der Waals surface area contributed by atoms with E-state index in [1.807, 2.05) is 42.4 Å². The van der Waals surface area contributed by atoms with Gasteiger partial charge in [0.1, 0.15) is 23.1 Å². The van der Waals surface area contributed by atoms with Gasteiger partial charge >= 0.3 is 0 Å². The number of methoxy groups -OCH3 is 1. The number of amides is 1. The number of aromatic nitrogens is 1. The van der Waals surface area contributed by atoms with Gasteiger partial charge < -0.3 is 19.1 Å². The van der Waals surface area contributed by atoms with Gasteiger partial charge in [0.05, 0.1) is 30.7 Å². The number of hydrogen-bond donors (Lipinski definition) is 0. The fourth-order valence-corrected chi connectivity index (χ4v) is 4.69. The van der Waals surface area contributed by atoms with Crippen LogP contribution in [0.3, 0.4) is 0 Å². The summed E-state index contributed by atoms with van der Waals surface area (Å²) in [5.74, 6) is 0.930. The summed E-state index contributed by atoms with van der Waals surface area (Å²) in [7, 11) is 1.69. The smallest absolute Gasteiger partial charge is 0.264 e. The second kappa shape index (κ2) is 6.88. The molecule has 3 aliphatic heterocycles. The Morgan fingerprint density at radius 3 is 2.93 bits per heavy atom. The zero-order valence-electron chi connectivity index (χ0n) is 16.8. The average molecular weight is 392 g/mol. The van der Waals surface area contributed by atoms with Crippen molar-refractivity contribution in [2.45, 2.75) is 20.0 Å². The van der Waals surface area contributed by atoms with Crippen molar-refractivity contribution < 1.29 is 19.0 Å². The summed E-state index contributed by atoms with van der Waals surface area (Å²) in [6.07, 6.45) is 4.01. The number of pyridine rings is 1. The number of rotatable bonds is 4. The third kappa shape index (κ3) is 2.66.